The minimum absolute atomic E-state index is 0.596. The van der Waals surface area contributed by atoms with Crippen molar-refractivity contribution in [1.82, 2.24) is 5.32 Å². The number of rotatable bonds is 6. The molecule has 0 saturated heterocycles. The molecule has 3 atom stereocenters. The van der Waals surface area contributed by atoms with Crippen LogP contribution in [0.5, 0.6) is 0 Å². The van der Waals surface area contributed by atoms with Gasteiger partial charge in [-0.05, 0) is 87.0 Å². The SMILES string of the molecule is C=CCCCC(NC)C12CC3CC(C)(CC(C)(C3)C1)C2. The van der Waals surface area contributed by atoms with Gasteiger partial charge in [0.05, 0.1) is 0 Å². The maximum Gasteiger partial charge on any atom is 0.0121 e. The fraction of sp³-hybridized carbons (Fsp3) is 0.895. The van der Waals surface area contributed by atoms with Gasteiger partial charge in [0.2, 0.25) is 0 Å². The molecule has 1 N–H and O–H groups in total. The molecular weight excluding hydrogens is 242 g/mol. The van der Waals surface area contributed by atoms with Gasteiger partial charge in [-0.2, -0.15) is 0 Å². The van der Waals surface area contributed by atoms with Gasteiger partial charge in [0.15, 0.2) is 0 Å². The first-order chi connectivity index (χ1) is 9.43. The van der Waals surface area contributed by atoms with Gasteiger partial charge in [-0.25, -0.2) is 0 Å². The summed E-state index contributed by atoms with van der Waals surface area (Å²) in [5, 5.41) is 3.72. The van der Waals surface area contributed by atoms with Crippen LogP contribution in [0.2, 0.25) is 0 Å². The van der Waals surface area contributed by atoms with Crippen molar-refractivity contribution in [3.05, 3.63) is 12.7 Å². The van der Waals surface area contributed by atoms with Gasteiger partial charge >= 0.3 is 0 Å². The maximum absolute atomic E-state index is 3.88. The summed E-state index contributed by atoms with van der Waals surface area (Å²) in [6.07, 6.45) is 14.8. The van der Waals surface area contributed by atoms with Gasteiger partial charge in [0, 0.05) is 6.04 Å². The normalized spacial score (nSPS) is 47.5. The summed E-state index contributed by atoms with van der Waals surface area (Å²) in [5.41, 5.74) is 1.88. The Bertz CT molecular complexity index is 367. The first kappa shape index (κ1) is 14.6. The van der Waals surface area contributed by atoms with Crippen molar-refractivity contribution in [1.29, 1.82) is 0 Å². The number of unbranched alkanes of at least 4 members (excludes halogenated alkanes) is 1. The summed E-state index contributed by atoms with van der Waals surface area (Å²) < 4.78 is 0. The zero-order valence-corrected chi connectivity index (χ0v) is 13.8. The first-order valence-corrected chi connectivity index (χ1v) is 8.71. The quantitative estimate of drug-likeness (QED) is 0.535. The molecule has 4 aliphatic carbocycles. The second kappa shape index (κ2) is 4.87. The fourth-order valence-electron chi connectivity index (χ4n) is 7.15. The fourth-order valence-corrected chi connectivity index (χ4v) is 7.15. The molecule has 0 heterocycles. The van der Waals surface area contributed by atoms with Crippen LogP contribution in [0.25, 0.3) is 0 Å². The second-order valence-corrected chi connectivity index (χ2v) is 9.05. The zero-order valence-electron chi connectivity index (χ0n) is 13.8. The lowest BCUT2D eigenvalue weighted by Crippen LogP contribution is -2.61. The van der Waals surface area contributed by atoms with E-state index in [1.54, 1.807) is 0 Å². The van der Waals surface area contributed by atoms with Crippen molar-refractivity contribution < 1.29 is 0 Å². The van der Waals surface area contributed by atoms with Crippen molar-refractivity contribution in [2.45, 2.75) is 77.7 Å². The van der Waals surface area contributed by atoms with Crippen LogP contribution in [0.1, 0.15) is 71.6 Å². The van der Waals surface area contributed by atoms with Crippen LogP contribution in [0.15, 0.2) is 12.7 Å². The van der Waals surface area contributed by atoms with Crippen LogP contribution in [0.3, 0.4) is 0 Å². The molecule has 4 aliphatic rings. The number of nitrogens with one attached hydrogen (secondary N) is 1. The molecule has 0 radical (unpaired) electrons. The molecule has 4 saturated carbocycles. The van der Waals surface area contributed by atoms with E-state index in [1.807, 2.05) is 0 Å². The van der Waals surface area contributed by atoms with E-state index in [-0.39, 0.29) is 0 Å². The summed E-state index contributed by atoms with van der Waals surface area (Å²) in [6.45, 7) is 9.05. The average molecular weight is 275 g/mol. The Hall–Kier alpha value is -0.300. The van der Waals surface area contributed by atoms with Crippen LogP contribution < -0.4 is 5.32 Å². The summed E-state index contributed by atoms with van der Waals surface area (Å²) in [7, 11) is 2.20. The van der Waals surface area contributed by atoms with E-state index in [0.717, 1.165) is 12.0 Å². The Balaban J connectivity index is 1.81. The minimum Gasteiger partial charge on any atom is -0.316 e. The van der Waals surface area contributed by atoms with Crippen LogP contribution >= 0.6 is 0 Å². The highest BCUT2D eigenvalue weighted by Gasteiger charge is 2.61. The third-order valence-corrected chi connectivity index (χ3v) is 6.66. The second-order valence-electron chi connectivity index (χ2n) is 9.05. The van der Waals surface area contributed by atoms with E-state index in [1.165, 1.54) is 57.8 Å². The lowest BCUT2D eigenvalue weighted by Gasteiger charge is -2.67. The maximum atomic E-state index is 3.88. The van der Waals surface area contributed by atoms with E-state index in [9.17, 15) is 0 Å². The van der Waals surface area contributed by atoms with Gasteiger partial charge in [-0.1, -0.05) is 19.9 Å². The summed E-state index contributed by atoms with van der Waals surface area (Å²) in [4.78, 5) is 0. The molecule has 114 valence electrons. The van der Waals surface area contributed by atoms with E-state index >= 15 is 0 Å². The molecule has 0 amide bonds. The van der Waals surface area contributed by atoms with E-state index in [2.05, 4.69) is 38.9 Å². The molecule has 20 heavy (non-hydrogen) atoms. The largest absolute Gasteiger partial charge is 0.316 e. The molecular formula is C19H33N. The molecule has 1 nitrogen and oxygen atoms in total. The lowest BCUT2D eigenvalue weighted by molar-refractivity contribution is -0.158. The van der Waals surface area contributed by atoms with Crippen molar-refractivity contribution in [3.8, 4) is 0 Å². The third kappa shape index (κ3) is 2.36. The monoisotopic (exact) mass is 275 g/mol. The van der Waals surface area contributed by atoms with Crippen molar-refractivity contribution in [2.24, 2.45) is 22.2 Å². The predicted molar refractivity (Wildman–Crippen MR) is 86.7 cm³/mol. The Morgan fingerprint density at radius 2 is 1.80 bits per heavy atom. The molecule has 0 aromatic rings. The summed E-state index contributed by atoms with van der Waals surface area (Å²) in [5.74, 6) is 1.01. The molecule has 4 bridgehead atoms. The van der Waals surface area contributed by atoms with E-state index in [4.69, 9.17) is 0 Å². The highest BCUT2D eigenvalue weighted by atomic mass is 14.9. The molecule has 4 rings (SSSR count). The molecule has 0 spiro atoms. The number of hydrogen-bond donors (Lipinski definition) is 1. The molecule has 4 fully saturated rings. The van der Waals surface area contributed by atoms with Gasteiger partial charge < -0.3 is 5.32 Å². The van der Waals surface area contributed by atoms with Crippen LogP contribution in [-0.2, 0) is 0 Å². The van der Waals surface area contributed by atoms with Crippen molar-refractivity contribution in [2.75, 3.05) is 7.05 Å². The summed E-state index contributed by atoms with van der Waals surface area (Å²) >= 11 is 0. The molecule has 0 aromatic heterocycles. The van der Waals surface area contributed by atoms with Gasteiger partial charge in [0.1, 0.15) is 0 Å². The molecule has 0 aliphatic heterocycles. The Labute approximate surface area is 125 Å². The molecule has 3 unspecified atom stereocenters. The van der Waals surface area contributed by atoms with Crippen molar-refractivity contribution in [3.63, 3.8) is 0 Å². The average Bonchev–Trinajstić information content (AvgIpc) is 2.29. The van der Waals surface area contributed by atoms with Crippen LogP contribution in [0.4, 0.5) is 0 Å². The standard InChI is InChI=1S/C19H33N/c1-5-6-7-8-16(20-4)19-11-15-9-17(2,13-19)12-18(3,10-15)14-19/h5,15-16,20H,1,6-14H2,2-4H3. The van der Waals surface area contributed by atoms with E-state index < -0.39 is 0 Å². The zero-order chi connectivity index (χ0) is 14.4. The predicted octanol–water partition coefficient (Wildman–Crippen LogP) is 4.93. The number of allylic oxidation sites excluding steroid dienone is 1. The highest BCUT2D eigenvalue weighted by molar-refractivity contribution is 5.13. The Morgan fingerprint density at radius 3 is 2.30 bits per heavy atom. The first-order valence-electron chi connectivity index (χ1n) is 8.71. The molecule has 1 heteroatoms. The van der Waals surface area contributed by atoms with Gasteiger partial charge in [-0.15, -0.1) is 6.58 Å². The lowest BCUT2D eigenvalue weighted by atomic mass is 9.39. The smallest absolute Gasteiger partial charge is 0.0121 e. The van der Waals surface area contributed by atoms with Gasteiger partial charge in [0.25, 0.3) is 0 Å². The number of hydrogen-bond acceptors (Lipinski definition) is 1. The van der Waals surface area contributed by atoms with Gasteiger partial charge in [-0.3, -0.25) is 0 Å². The molecule has 0 aromatic carbocycles. The Kier molecular flexibility index (Phi) is 3.56. The minimum atomic E-state index is 0.596. The third-order valence-electron chi connectivity index (χ3n) is 6.66. The van der Waals surface area contributed by atoms with Crippen LogP contribution in [0, 0.1) is 22.2 Å². The Morgan fingerprint density at radius 1 is 1.15 bits per heavy atom. The van der Waals surface area contributed by atoms with E-state index in [0.29, 0.717) is 16.2 Å². The van der Waals surface area contributed by atoms with Crippen LogP contribution in [-0.4, -0.2) is 13.1 Å². The summed E-state index contributed by atoms with van der Waals surface area (Å²) in [6, 6.07) is 0.726. The van der Waals surface area contributed by atoms with Crippen molar-refractivity contribution >= 4 is 0 Å². The highest BCUT2D eigenvalue weighted by Crippen LogP contribution is 2.70. The topological polar surface area (TPSA) is 12.0 Å².